The highest BCUT2D eigenvalue weighted by Crippen LogP contribution is 2.19. The maximum atomic E-state index is 12.8. The molecule has 1 aromatic carbocycles. The molecule has 0 aliphatic carbocycles. The van der Waals surface area contributed by atoms with E-state index in [1.54, 1.807) is 12.1 Å². The first-order valence-electron chi connectivity index (χ1n) is 3.04. The van der Waals surface area contributed by atoms with Gasteiger partial charge in [0.2, 0.25) is 0 Å². The van der Waals surface area contributed by atoms with Gasteiger partial charge < -0.3 is 0 Å². The van der Waals surface area contributed by atoms with Crippen LogP contribution in [0.15, 0.2) is 23.1 Å². The van der Waals surface area contributed by atoms with E-state index in [9.17, 15) is 4.39 Å². The molecule has 0 spiro atoms. The molecule has 0 saturated carbocycles. The Labute approximate surface area is 64.4 Å². The van der Waals surface area contributed by atoms with E-state index in [-0.39, 0.29) is 5.82 Å². The third-order valence-electron chi connectivity index (χ3n) is 1.31. The Hall–Kier alpha value is -0.500. The predicted octanol–water partition coefficient (Wildman–Crippen LogP) is 2.86. The topological polar surface area (TPSA) is 0 Å². The molecule has 0 aliphatic rings. The van der Waals surface area contributed by atoms with Gasteiger partial charge in [0.05, 0.1) is 0 Å². The summed E-state index contributed by atoms with van der Waals surface area (Å²) in [6.07, 6.45) is 1.87. The molecule has 0 bridgehead atoms. The Kier molecular flexibility index (Phi) is 2.33. The van der Waals surface area contributed by atoms with Crippen LogP contribution >= 0.6 is 11.8 Å². The molecule has 2 heteroatoms. The quantitative estimate of drug-likeness (QED) is 0.563. The first-order chi connectivity index (χ1) is 4.74. The van der Waals surface area contributed by atoms with Gasteiger partial charge >= 0.3 is 0 Å². The number of benzene rings is 1. The molecule has 0 amide bonds. The lowest BCUT2D eigenvalue weighted by Gasteiger charge is -1.98. The second-order valence-electron chi connectivity index (χ2n) is 2.14. The second-order valence-corrected chi connectivity index (χ2v) is 2.99. The van der Waals surface area contributed by atoms with Crippen molar-refractivity contribution >= 4 is 11.8 Å². The van der Waals surface area contributed by atoms with Crippen molar-refractivity contribution in [2.75, 3.05) is 6.26 Å². The standard InChI is InChI=1S/C8H9FS/c1-6-3-4-8(10-2)7(9)5-6/h3-5H,1-2H3. The molecule has 10 heavy (non-hydrogen) atoms. The molecule has 1 rings (SSSR count). The average molecular weight is 156 g/mol. The number of halogens is 1. The van der Waals surface area contributed by atoms with Crippen LogP contribution in [-0.2, 0) is 0 Å². The molecule has 0 radical (unpaired) electrons. The minimum Gasteiger partial charge on any atom is -0.206 e. The fraction of sp³-hybridized carbons (Fsp3) is 0.250. The van der Waals surface area contributed by atoms with Crippen molar-refractivity contribution < 1.29 is 4.39 Å². The van der Waals surface area contributed by atoms with Crippen molar-refractivity contribution in [2.45, 2.75) is 11.8 Å². The lowest BCUT2D eigenvalue weighted by Crippen LogP contribution is -1.80. The molecular weight excluding hydrogens is 147 g/mol. The summed E-state index contributed by atoms with van der Waals surface area (Å²) in [5.41, 5.74) is 0.968. The van der Waals surface area contributed by atoms with Gasteiger partial charge in [-0.1, -0.05) is 6.07 Å². The average Bonchev–Trinajstić information content (AvgIpc) is 1.88. The maximum Gasteiger partial charge on any atom is 0.137 e. The third-order valence-corrected chi connectivity index (χ3v) is 2.08. The normalized spacial score (nSPS) is 9.90. The van der Waals surface area contributed by atoms with E-state index >= 15 is 0 Å². The Morgan fingerprint density at radius 3 is 2.60 bits per heavy atom. The highest BCUT2D eigenvalue weighted by Gasteiger charge is 1.97. The minimum atomic E-state index is -0.118. The van der Waals surface area contributed by atoms with E-state index in [2.05, 4.69) is 0 Å². The van der Waals surface area contributed by atoms with Gasteiger partial charge in [0.25, 0.3) is 0 Å². The van der Waals surface area contributed by atoms with Crippen LogP contribution in [-0.4, -0.2) is 6.26 Å². The smallest absolute Gasteiger partial charge is 0.137 e. The summed E-state index contributed by atoms with van der Waals surface area (Å²) in [7, 11) is 0. The van der Waals surface area contributed by atoms with E-state index < -0.39 is 0 Å². The first kappa shape index (κ1) is 7.61. The molecular formula is C8H9FS. The van der Waals surface area contributed by atoms with Crippen LogP contribution in [0.5, 0.6) is 0 Å². The summed E-state index contributed by atoms with van der Waals surface area (Å²) < 4.78 is 12.8. The second kappa shape index (κ2) is 3.06. The van der Waals surface area contributed by atoms with E-state index in [4.69, 9.17) is 0 Å². The fourth-order valence-corrected chi connectivity index (χ4v) is 1.23. The van der Waals surface area contributed by atoms with Crippen LogP contribution in [0.1, 0.15) is 5.56 Å². The molecule has 1 aromatic rings. The van der Waals surface area contributed by atoms with Crippen molar-refractivity contribution in [1.29, 1.82) is 0 Å². The van der Waals surface area contributed by atoms with Gasteiger partial charge in [0.15, 0.2) is 0 Å². The summed E-state index contributed by atoms with van der Waals surface area (Å²) >= 11 is 1.43. The highest BCUT2D eigenvalue weighted by atomic mass is 32.2. The van der Waals surface area contributed by atoms with Gasteiger partial charge in [-0.25, -0.2) is 4.39 Å². The number of thioether (sulfide) groups is 1. The van der Waals surface area contributed by atoms with Gasteiger partial charge in [-0.2, -0.15) is 0 Å². The Bertz CT molecular complexity index is 233. The Morgan fingerprint density at radius 2 is 2.10 bits per heavy atom. The molecule has 54 valence electrons. The Morgan fingerprint density at radius 1 is 1.40 bits per heavy atom. The predicted molar refractivity (Wildman–Crippen MR) is 42.9 cm³/mol. The molecule has 0 heterocycles. The van der Waals surface area contributed by atoms with Crippen LogP contribution in [0, 0.1) is 12.7 Å². The van der Waals surface area contributed by atoms with Gasteiger partial charge in [0.1, 0.15) is 5.82 Å². The van der Waals surface area contributed by atoms with Crippen molar-refractivity contribution in [3.63, 3.8) is 0 Å². The summed E-state index contributed by atoms with van der Waals surface area (Å²) in [4.78, 5) is 0.714. The van der Waals surface area contributed by atoms with Gasteiger partial charge in [0, 0.05) is 4.90 Å². The van der Waals surface area contributed by atoms with E-state index in [0.29, 0.717) is 4.90 Å². The zero-order valence-corrected chi connectivity index (χ0v) is 6.83. The number of hydrogen-bond acceptors (Lipinski definition) is 1. The molecule has 0 N–H and O–H groups in total. The maximum absolute atomic E-state index is 12.8. The molecule has 0 saturated heterocycles. The van der Waals surface area contributed by atoms with Crippen LogP contribution in [0.2, 0.25) is 0 Å². The summed E-state index contributed by atoms with van der Waals surface area (Å²) in [5.74, 6) is -0.118. The van der Waals surface area contributed by atoms with E-state index in [0.717, 1.165) is 5.56 Å². The zero-order chi connectivity index (χ0) is 7.56. The number of rotatable bonds is 1. The summed E-state index contributed by atoms with van der Waals surface area (Å²) in [5, 5.41) is 0. The molecule has 0 aromatic heterocycles. The van der Waals surface area contributed by atoms with Crippen LogP contribution < -0.4 is 0 Å². The lowest BCUT2D eigenvalue weighted by molar-refractivity contribution is 0.601. The van der Waals surface area contributed by atoms with Crippen LogP contribution in [0.25, 0.3) is 0 Å². The Balaban J connectivity index is 3.07. The fourth-order valence-electron chi connectivity index (χ4n) is 0.771. The van der Waals surface area contributed by atoms with Gasteiger partial charge in [-0.15, -0.1) is 11.8 Å². The van der Waals surface area contributed by atoms with E-state index in [1.807, 2.05) is 19.2 Å². The SMILES string of the molecule is CSc1ccc(C)cc1F. The first-order valence-corrected chi connectivity index (χ1v) is 4.26. The lowest BCUT2D eigenvalue weighted by atomic mass is 10.2. The summed E-state index contributed by atoms with van der Waals surface area (Å²) in [6.45, 7) is 1.88. The molecule has 0 fully saturated rings. The number of aryl methyl sites for hydroxylation is 1. The third kappa shape index (κ3) is 1.51. The van der Waals surface area contributed by atoms with Gasteiger partial charge in [-0.05, 0) is 30.9 Å². The number of hydrogen-bond donors (Lipinski definition) is 0. The minimum absolute atomic E-state index is 0.118. The molecule has 0 unspecified atom stereocenters. The van der Waals surface area contributed by atoms with Crippen molar-refractivity contribution in [3.8, 4) is 0 Å². The molecule has 0 aliphatic heterocycles. The largest absolute Gasteiger partial charge is 0.206 e. The van der Waals surface area contributed by atoms with Crippen LogP contribution in [0.3, 0.4) is 0 Å². The van der Waals surface area contributed by atoms with Gasteiger partial charge in [-0.3, -0.25) is 0 Å². The molecule has 0 atom stereocenters. The monoisotopic (exact) mass is 156 g/mol. The summed E-state index contributed by atoms with van der Waals surface area (Å²) in [6, 6.07) is 5.26. The van der Waals surface area contributed by atoms with Crippen LogP contribution in [0.4, 0.5) is 4.39 Å². The van der Waals surface area contributed by atoms with Crippen molar-refractivity contribution in [3.05, 3.63) is 29.6 Å². The van der Waals surface area contributed by atoms with Crippen molar-refractivity contribution in [1.82, 2.24) is 0 Å². The van der Waals surface area contributed by atoms with Crippen molar-refractivity contribution in [2.24, 2.45) is 0 Å². The zero-order valence-electron chi connectivity index (χ0n) is 6.02. The molecule has 0 nitrogen and oxygen atoms in total. The van der Waals surface area contributed by atoms with E-state index in [1.165, 1.54) is 11.8 Å². The highest BCUT2D eigenvalue weighted by molar-refractivity contribution is 7.98.